The summed E-state index contributed by atoms with van der Waals surface area (Å²) in [5, 5.41) is 0. The quantitative estimate of drug-likeness (QED) is 0.436. The first-order valence-corrected chi connectivity index (χ1v) is 2.50. The predicted octanol–water partition coefficient (Wildman–Crippen LogP) is 1.17. The highest BCUT2D eigenvalue weighted by molar-refractivity contribution is 5.74. The van der Waals surface area contributed by atoms with Gasteiger partial charge >= 0.3 is 0 Å². The third-order valence-corrected chi connectivity index (χ3v) is 0.979. The summed E-state index contributed by atoms with van der Waals surface area (Å²) >= 11 is 0. The van der Waals surface area contributed by atoms with Gasteiger partial charge in [0.15, 0.2) is 12.1 Å². The molecule has 1 aromatic rings. The molecule has 0 bridgehead atoms. The standard InChI is InChI=1S/C6H3F2NO/c7-5-2-9-6(8)1-4(5)3-10/h1-3H. The Hall–Kier alpha value is -1.32. The summed E-state index contributed by atoms with van der Waals surface area (Å²) in [5.41, 5.74) is -0.312. The number of hydrogen-bond acceptors (Lipinski definition) is 2. The number of rotatable bonds is 1. The molecule has 1 heterocycles. The van der Waals surface area contributed by atoms with Gasteiger partial charge in [-0.1, -0.05) is 0 Å². The molecule has 2 nitrogen and oxygen atoms in total. The normalized spacial score (nSPS) is 9.40. The smallest absolute Gasteiger partial charge is 0.213 e. The highest BCUT2D eigenvalue weighted by atomic mass is 19.1. The van der Waals surface area contributed by atoms with Crippen LogP contribution in [0.2, 0.25) is 0 Å². The van der Waals surface area contributed by atoms with Crippen LogP contribution in [0.3, 0.4) is 0 Å². The van der Waals surface area contributed by atoms with E-state index in [1.54, 1.807) is 0 Å². The van der Waals surface area contributed by atoms with Crippen molar-refractivity contribution in [2.24, 2.45) is 0 Å². The van der Waals surface area contributed by atoms with E-state index >= 15 is 0 Å². The maximum absolute atomic E-state index is 12.3. The van der Waals surface area contributed by atoms with Gasteiger partial charge in [-0.15, -0.1) is 0 Å². The summed E-state index contributed by atoms with van der Waals surface area (Å²) in [4.78, 5) is 12.9. The summed E-state index contributed by atoms with van der Waals surface area (Å²) < 4.78 is 24.4. The van der Waals surface area contributed by atoms with E-state index in [9.17, 15) is 13.6 Å². The molecule has 52 valence electrons. The van der Waals surface area contributed by atoms with Crippen molar-refractivity contribution >= 4 is 6.29 Å². The maximum atomic E-state index is 12.3. The third kappa shape index (κ3) is 1.15. The molecular weight excluding hydrogens is 140 g/mol. The number of carbonyl (C=O) groups is 1. The van der Waals surface area contributed by atoms with Gasteiger partial charge in [-0.3, -0.25) is 4.79 Å². The molecule has 0 aliphatic carbocycles. The van der Waals surface area contributed by atoms with E-state index < -0.39 is 11.8 Å². The molecule has 0 fully saturated rings. The number of pyridine rings is 1. The van der Waals surface area contributed by atoms with Crippen molar-refractivity contribution in [3.8, 4) is 0 Å². The van der Waals surface area contributed by atoms with Gasteiger partial charge in [0, 0.05) is 6.07 Å². The summed E-state index contributed by atoms with van der Waals surface area (Å²) in [7, 11) is 0. The minimum absolute atomic E-state index is 0.236. The summed E-state index contributed by atoms with van der Waals surface area (Å²) in [6.45, 7) is 0. The van der Waals surface area contributed by atoms with Gasteiger partial charge in [0.1, 0.15) is 0 Å². The third-order valence-electron chi connectivity index (χ3n) is 0.979. The van der Waals surface area contributed by atoms with E-state index in [2.05, 4.69) is 4.98 Å². The lowest BCUT2D eigenvalue weighted by molar-refractivity contribution is 0.111. The molecule has 0 saturated carbocycles. The Bertz CT molecular complexity index is 262. The van der Waals surface area contributed by atoms with Crippen LogP contribution in [0.15, 0.2) is 12.3 Å². The Morgan fingerprint density at radius 3 is 2.70 bits per heavy atom. The van der Waals surface area contributed by atoms with Gasteiger partial charge < -0.3 is 0 Å². The van der Waals surface area contributed by atoms with Crippen molar-refractivity contribution in [3.63, 3.8) is 0 Å². The highest BCUT2D eigenvalue weighted by Gasteiger charge is 2.01. The van der Waals surface area contributed by atoms with Crippen molar-refractivity contribution in [3.05, 3.63) is 29.6 Å². The first-order chi connectivity index (χ1) is 4.74. The van der Waals surface area contributed by atoms with Crippen molar-refractivity contribution in [1.29, 1.82) is 0 Å². The van der Waals surface area contributed by atoms with Crippen LogP contribution >= 0.6 is 0 Å². The molecule has 0 aliphatic rings. The minimum Gasteiger partial charge on any atom is -0.298 e. The number of halogens is 2. The molecule has 0 amide bonds. The number of nitrogens with zero attached hydrogens (tertiary/aromatic N) is 1. The molecule has 1 rings (SSSR count). The second-order valence-corrected chi connectivity index (χ2v) is 1.65. The molecule has 0 atom stereocenters. The first-order valence-electron chi connectivity index (χ1n) is 2.50. The van der Waals surface area contributed by atoms with E-state index in [1.807, 2.05) is 0 Å². The molecule has 0 saturated heterocycles. The Morgan fingerprint density at radius 1 is 1.50 bits per heavy atom. The predicted molar refractivity (Wildman–Crippen MR) is 29.5 cm³/mol. The molecule has 0 aliphatic heterocycles. The molecule has 10 heavy (non-hydrogen) atoms. The van der Waals surface area contributed by atoms with Gasteiger partial charge in [0.05, 0.1) is 11.8 Å². The van der Waals surface area contributed by atoms with Crippen LogP contribution in [0.4, 0.5) is 8.78 Å². The number of aromatic nitrogens is 1. The summed E-state index contributed by atoms with van der Waals surface area (Å²) in [6.07, 6.45) is 0.902. The molecular formula is C6H3F2NO. The van der Waals surface area contributed by atoms with Gasteiger partial charge in [-0.05, 0) is 0 Å². The topological polar surface area (TPSA) is 30.0 Å². The fourth-order valence-corrected chi connectivity index (χ4v) is 0.518. The van der Waals surface area contributed by atoms with E-state index in [-0.39, 0.29) is 11.8 Å². The maximum Gasteiger partial charge on any atom is 0.213 e. The highest BCUT2D eigenvalue weighted by Crippen LogP contribution is 2.02. The molecule has 0 spiro atoms. The summed E-state index contributed by atoms with van der Waals surface area (Å²) in [5.74, 6) is -1.67. The first kappa shape index (κ1) is 6.80. The average Bonchev–Trinajstić information content (AvgIpc) is 1.94. The Kier molecular flexibility index (Phi) is 1.71. The fraction of sp³-hybridized carbons (Fsp3) is 0. The lowest BCUT2D eigenvalue weighted by Gasteiger charge is -1.90. The van der Waals surface area contributed by atoms with Crippen molar-refractivity contribution in [2.45, 2.75) is 0 Å². The Morgan fingerprint density at radius 2 is 2.20 bits per heavy atom. The lowest BCUT2D eigenvalue weighted by atomic mass is 10.3. The lowest BCUT2D eigenvalue weighted by Crippen LogP contribution is -1.91. The van der Waals surface area contributed by atoms with Crippen LogP contribution in [-0.2, 0) is 0 Å². The zero-order valence-corrected chi connectivity index (χ0v) is 4.84. The molecule has 0 unspecified atom stereocenters. The zero-order chi connectivity index (χ0) is 7.56. The average molecular weight is 143 g/mol. The van der Waals surface area contributed by atoms with Gasteiger partial charge in [-0.2, -0.15) is 4.39 Å². The van der Waals surface area contributed by atoms with E-state index in [0.29, 0.717) is 6.20 Å². The van der Waals surface area contributed by atoms with Crippen LogP contribution in [0.25, 0.3) is 0 Å². The number of carbonyl (C=O) groups excluding carboxylic acids is 1. The second kappa shape index (κ2) is 2.51. The van der Waals surface area contributed by atoms with E-state index in [0.717, 1.165) is 6.07 Å². The Labute approximate surface area is 55.5 Å². The Balaban J connectivity index is 3.21. The van der Waals surface area contributed by atoms with Gasteiger partial charge in [-0.25, -0.2) is 9.37 Å². The SMILES string of the molecule is O=Cc1cc(F)ncc1F. The number of aldehydes is 1. The molecule has 0 aromatic carbocycles. The van der Waals surface area contributed by atoms with Crippen LogP contribution in [0.5, 0.6) is 0 Å². The van der Waals surface area contributed by atoms with Crippen molar-refractivity contribution < 1.29 is 13.6 Å². The van der Waals surface area contributed by atoms with E-state index in [4.69, 9.17) is 0 Å². The van der Waals surface area contributed by atoms with Crippen molar-refractivity contribution in [1.82, 2.24) is 4.98 Å². The minimum atomic E-state index is -0.858. The second-order valence-electron chi connectivity index (χ2n) is 1.65. The fourth-order valence-electron chi connectivity index (χ4n) is 0.518. The molecule has 0 radical (unpaired) electrons. The molecule has 4 heteroatoms. The number of hydrogen-bond donors (Lipinski definition) is 0. The molecule has 1 aromatic heterocycles. The summed E-state index contributed by atoms with van der Waals surface area (Å²) in [6, 6.07) is 0.738. The van der Waals surface area contributed by atoms with Gasteiger partial charge in [0.25, 0.3) is 0 Å². The zero-order valence-electron chi connectivity index (χ0n) is 4.84. The van der Waals surface area contributed by atoms with Crippen LogP contribution < -0.4 is 0 Å². The molecule has 0 N–H and O–H groups in total. The monoisotopic (exact) mass is 143 g/mol. The largest absolute Gasteiger partial charge is 0.298 e. The van der Waals surface area contributed by atoms with Crippen molar-refractivity contribution in [2.75, 3.05) is 0 Å². The van der Waals surface area contributed by atoms with Crippen LogP contribution in [0, 0.1) is 11.8 Å². The van der Waals surface area contributed by atoms with Gasteiger partial charge in [0.2, 0.25) is 5.95 Å². The van der Waals surface area contributed by atoms with Crippen LogP contribution in [0.1, 0.15) is 10.4 Å². The van der Waals surface area contributed by atoms with E-state index in [1.165, 1.54) is 0 Å². The van der Waals surface area contributed by atoms with Crippen LogP contribution in [-0.4, -0.2) is 11.3 Å².